The number of carboxylic acids is 1. The predicted octanol–water partition coefficient (Wildman–Crippen LogP) is 1.72. The molecule has 20 heavy (non-hydrogen) atoms. The van der Waals surface area contributed by atoms with E-state index in [4.69, 9.17) is 0 Å². The summed E-state index contributed by atoms with van der Waals surface area (Å²) in [5, 5.41) is 9.24. The van der Waals surface area contributed by atoms with E-state index in [1.54, 1.807) is 11.8 Å². The highest BCUT2D eigenvalue weighted by molar-refractivity contribution is 5.83. The van der Waals surface area contributed by atoms with Crippen LogP contribution in [0.25, 0.3) is 0 Å². The van der Waals surface area contributed by atoms with Crippen molar-refractivity contribution in [3.05, 3.63) is 35.4 Å². The van der Waals surface area contributed by atoms with Gasteiger partial charge < -0.3 is 10.0 Å². The monoisotopic (exact) mass is 273 g/mol. The van der Waals surface area contributed by atoms with Gasteiger partial charge in [-0.05, 0) is 37.3 Å². The average Bonchev–Trinajstić information content (AvgIpc) is 3.02. The fraction of sp³-hybridized carbons (Fsp3) is 0.500. The first-order valence-corrected chi connectivity index (χ1v) is 7.08. The molecule has 0 spiro atoms. The summed E-state index contributed by atoms with van der Waals surface area (Å²) >= 11 is 0. The van der Waals surface area contributed by atoms with Gasteiger partial charge in [-0.2, -0.15) is 0 Å². The lowest BCUT2D eigenvalue weighted by molar-refractivity contribution is -0.147. The van der Waals surface area contributed by atoms with Crippen molar-refractivity contribution >= 4 is 11.9 Å². The zero-order valence-corrected chi connectivity index (χ0v) is 11.6. The van der Waals surface area contributed by atoms with Crippen molar-refractivity contribution in [2.24, 2.45) is 11.3 Å². The highest BCUT2D eigenvalue weighted by atomic mass is 16.4. The zero-order chi connectivity index (χ0) is 14.3. The fourth-order valence-electron chi connectivity index (χ4n) is 3.32. The maximum absolute atomic E-state index is 12.6. The number of benzene rings is 1. The Morgan fingerprint density at radius 3 is 2.35 bits per heavy atom. The van der Waals surface area contributed by atoms with E-state index in [1.165, 1.54) is 11.1 Å². The predicted molar refractivity (Wildman–Crippen MR) is 74.3 cm³/mol. The van der Waals surface area contributed by atoms with E-state index in [1.807, 2.05) is 12.1 Å². The van der Waals surface area contributed by atoms with Gasteiger partial charge in [-0.15, -0.1) is 0 Å². The molecule has 4 nitrogen and oxygen atoms in total. The second-order valence-electron chi connectivity index (χ2n) is 6.25. The van der Waals surface area contributed by atoms with Crippen LogP contribution in [-0.2, 0) is 22.4 Å². The van der Waals surface area contributed by atoms with Crippen molar-refractivity contribution in [3.63, 3.8) is 0 Å². The first kappa shape index (κ1) is 13.2. The molecule has 3 rings (SSSR count). The number of hydrogen-bond donors (Lipinski definition) is 1. The number of rotatable bonds is 2. The minimum Gasteiger partial charge on any atom is -0.481 e. The second kappa shape index (κ2) is 4.62. The molecule has 1 aliphatic carbocycles. The number of hydrogen-bond acceptors (Lipinski definition) is 2. The standard InChI is InChI=1S/C16H19NO3/c1-16(15(19)20)6-7-17(10-16)14(18)13-8-11-4-2-3-5-12(11)9-13/h2-5,13H,6-10H2,1H3,(H,19,20). The Morgan fingerprint density at radius 2 is 1.85 bits per heavy atom. The van der Waals surface area contributed by atoms with Gasteiger partial charge in [0.2, 0.25) is 5.91 Å². The summed E-state index contributed by atoms with van der Waals surface area (Å²) < 4.78 is 0. The molecule has 0 bridgehead atoms. The zero-order valence-electron chi connectivity index (χ0n) is 11.6. The lowest BCUT2D eigenvalue weighted by Gasteiger charge is -2.22. The molecule has 0 radical (unpaired) electrons. The van der Waals surface area contributed by atoms with Crippen LogP contribution in [0, 0.1) is 11.3 Å². The van der Waals surface area contributed by atoms with Crippen LogP contribution in [0.3, 0.4) is 0 Å². The van der Waals surface area contributed by atoms with Crippen LogP contribution in [-0.4, -0.2) is 35.0 Å². The Balaban J connectivity index is 1.69. The van der Waals surface area contributed by atoms with E-state index in [0.29, 0.717) is 19.5 Å². The van der Waals surface area contributed by atoms with Crippen LogP contribution in [0.5, 0.6) is 0 Å². The van der Waals surface area contributed by atoms with Crippen LogP contribution in [0.15, 0.2) is 24.3 Å². The molecular weight excluding hydrogens is 254 g/mol. The maximum Gasteiger partial charge on any atom is 0.311 e. The Labute approximate surface area is 118 Å². The van der Waals surface area contributed by atoms with Gasteiger partial charge in [-0.1, -0.05) is 24.3 Å². The van der Waals surface area contributed by atoms with Crippen LogP contribution in [0.1, 0.15) is 24.5 Å². The highest BCUT2D eigenvalue weighted by Crippen LogP contribution is 2.34. The summed E-state index contributed by atoms with van der Waals surface area (Å²) in [6.45, 7) is 2.63. The van der Waals surface area contributed by atoms with Gasteiger partial charge in [0.05, 0.1) is 5.41 Å². The summed E-state index contributed by atoms with van der Waals surface area (Å²) in [4.78, 5) is 25.6. The smallest absolute Gasteiger partial charge is 0.311 e. The number of amides is 1. The van der Waals surface area contributed by atoms with E-state index in [9.17, 15) is 14.7 Å². The molecule has 1 unspecified atom stereocenters. The van der Waals surface area contributed by atoms with Crippen molar-refractivity contribution in [1.29, 1.82) is 0 Å². The van der Waals surface area contributed by atoms with E-state index in [2.05, 4.69) is 12.1 Å². The van der Waals surface area contributed by atoms with Crippen LogP contribution >= 0.6 is 0 Å². The Kier molecular flexibility index (Phi) is 3.04. The topological polar surface area (TPSA) is 57.6 Å². The SMILES string of the molecule is CC1(C(=O)O)CCN(C(=O)C2Cc3ccccc3C2)C1. The molecule has 1 saturated heterocycles. The van der Waals surface area contributed by atoms with Gasteiger partial charge >= 0.3 is 5.97 Å². The first-order valence-electron chi connectivity index (χ1n) is 7.08. The Hall–Kier alpha value is -1.84. The van der Waals surface area contributed by atoms with Gasteiger partial charge in [0.1, 0.15) is 0 Å². The Bertz CT molecular complexity index is 544. The molecule has 1 fully saturated rings. The Morgan fingerprint density at radius 1 is 1.25 bits per heavy atom. The third-order valence-corrected chi connectivity index (χ3v) is 4.70. The molecule has 2 aliphatic rings. The number of carboxylic acid groups (broad SMARTS) is 1. The van der Waals surface area contributed by atoms with Gasteiger partial charge in [-0.3, -0.25) is 9.59 Å². The number of carbonyl (C=O) groups is 2. The molecule has 1 atom stereocenters. The fourth-order valence-corrected chi connectivity index (χ4v) is 3.32. The minimum absolute atomic E-state index is 0.0106. The molecule has 1 N–H and O–H groups in total. The van der Waals surface area contributed by atoms with E-state index >= 15 is 0 Å². The summed E-state index contributed by atoms with van der Waals surface area (Å²) in [5.41, 5.74) is 1.73. The third kappa shape index (κ3) is 2.09. The molecule has 4 heteroatoms. The molecule has 0 saturated carbocycles. The summed E-state index contributed by atoms with van der Waals surface area (Å²) in [6.07, 6.45) is 2.12. The highest BCUT2D eigenvalue weighted by Gasteiger charge is 2.43. The molecule has 1 heterocycles. The summed E-state index contributed by atoms with van der Waals surface area (Å²) in [5.74, 6) is -0.697. The van der Waals surface area contributed by atoms with Gasteiger partial charge in [0.25, 0.3) is 0 Å². The molecule has 106 valence electrons. The summed E-state index contributed by atoms with van der Waals surface area (Å²) in [6, 6.07) is 8.16. The van der Waals surface area contributed by atoms with Gasteiger partial charge in [0, 0.05) is 19.0 Å². The number of nitrogens with zero attached hydrogens (tertiary/aromatic N) is 1. The normalized spacial score (nSPS) is 25.8. The van der Waals surface area contributed by atoms with E-state index in [-0.39, 0.29) is 11.8 Å². The lowest BCUT2D eigenvalue weighted by atomic mass is 9.90. The minimum atomic E-state index is -0.803. The second-order valence-corrected chi connectivity index (χ2v) is 6.25. The van der Waals surface area contributed by atoms with E-state index < -0.39 is 11.4 Å². The third-order valence-electron chi connectivity index (χ3n) is 4.70. The first-order chi connectivity index (χ1) is 9.49. The van der Waals surface area contributed by atoms with Crippen molar-refractivity contribution in [3.8, 4) is 0 Å². The van der Waals surface area contributed by atoms with Crippen LogP contribution in [0.4, 0.5) is 0 Å². The van der Waals surface area contributed by atoms with E-state index in [0.717, 1.165) is 12.8 Å². The van der Waals surface area contributed by atoms with Gasteiger partial charge in [0.15, 0.2) is 0 Å². The van der Waals surface area contributed by atoms with Crippen molar-refractivity contribution in [2.45, 2.75) is 26.2 Å². The molecular formula is C16H19NO3. The quantitative estimate of drug-likeness (QED) is 0.892. The lowest BCUT2D eigenvalue weighted by Crippen LogP contribution is -2.38. The van der Waals surface area contributed by atoms with Crippen molar-refractivity contribution in [1.82, 2.24) is 4.90 Å². The molecule has 1 amide bonds. The molecule has 1 aliphatic heterocycles. The number of fused-ring (bicyclic) bond motifs is 1. The van der Waals surface area contributed by atoms with Crippen molar-refractivity contribution < 1.29 is 14.7 Å². The van der Waals surface area contributed by atoms with Crippen molar-refractivity contribution in [2.75, 3.05) is 13.1 Å². The maximum atomic E-state index is 12.6. The number of carbonyl (C=O) groups excluding carboxylic acids is 1. The number of likely N-dealkylation sites (tertiary alicyclic amines) is 1. The molecule has 1 aromatic carbocycles. The van der Waals surface area contributed by atoms with Crippen LogP contribution in [0.2, 0.25) is 0 Å². The number of aliphatic carboxylic acids is 1. The average molecular weight is 273 g/mol. The van der Waals surface area contributed by atoms with Crippen LogP contribution < -0.4 is 0 Å². The molecule has 1 aromatic rings. The van der Waals surface area contributed by atoms with Gasteiger partial charge in [-0.25, -0.2) is 0 Å². The molecule has 0 aromatic heterocycles. The largest absolute Gasteiger partial charge is 0.481 e. The summed E-state index contributed by atoms with van der Waals surface area (Å²) in [7, 11) is 0.